The van der Waals surface area contributed by atoms with Crippen LogP contribution < -0.4 is 5.32 Å². The number of aromatic nitrogens is 4. The number of nitrogens with zero attached hydrogens (tertiary/aromatic N) is 5. The Morgan fingerprint density at radius 1 is 1.22 bits per heavy atom. The Morgan fingerprint density at radius 2 is 2.11 bits per heavy atom. The molecule has 0 saturated carbocycles. The van der Waals surface area contributed by atoms with Gasteiger partial charge in [-0.1, -0.05) is 35.9 Å². The van der Waals surface area contributed by atoms with Gasteiger partial charge in [-0.05, 0) is 60.5 Å². The molecule has 1 aliphatic rings. The molecule has 2 heterocycles. The molecule has 0 bridgehead atoms. The largest absolute Gasteiger partial charge is 0.325 e. The Hall–Kier alpha value is -3.06. The number of amides is 1. The monoisotopic (exact) mass is 362 g/mol. The highest BCUT2D eigenvalue weighted by Gasteiger charge is 2.30. The van der Waals surface area contributed by atoms with Crippen LogP contribution in [0.2, 0.25) is 0 Å². The van der Waals surface area contributed by atoms with Crippen molar-refractivity contribution in [3.05, 3.63) is 66.0 Å². The molecule has 3 aromatic rings. The van der Waals surface area contributed by atoms with Crippen molar-refractivity contribution in [3.63, 3.8) is 0 Å². The fourth-order valence-corrected chi connectivity index (χ4v) is 3.59. The SMILES string of the molecule is Cc1cccc(CN2CCC[C@@H]2C(=O)Nc2cccc(-n3cnnn3)c2)c1. The van der Waals surface area contributed by atoms with Crippen LogP contribution in [0.4, 0.5) is 5.69 Å². The van der Waals surface area contributed by atoms with Gasteiger partial charge in [-0.25, -0.2) is 4.68 Å². The molecule has 1 atom stereocenters. The highest BCUT2D eigenvalue weighted by atomic mass is 16.2. The van der Waals surface area contributed by atoms with Gasteiger partial charge in [-0.3, -0.25) is 9.69 Å². The molecule has 1 N–H and O–H groups in total. The van der Waals surface area contributed by atoms with E-state index in [1.54, 1.807) is 4.68 Å². The quantitative estimate of drug-likeness (QED) is 0.755. The topological polar surface area (TPSA) is 75.9 Å². The van der Waals surface area contributed by atoms with Crippen molar-refractivity contribution in [2.45, 2.75) is 32.4 Å². The van der Waals surface area contributed by atoms with Crippen molar-refractivity contribution in [2.75, 3.05) is 11.9 Å². The van der Waals surface area contributed by atoms with Gasteiger partial charge in [0.05, 0.1) is 11.7 Å². The molecule has 2 aromatic carbocycles. The summed E-state index contributed by atoms with van der Waals surface area (Å²) in [7, 11) is 0. The van der Waals surface area contributed by atoms with Gasteiger partial charge in [0.15, 0.2) is 0 Å². The van der Waals surface area contributed by atoms with Gasteiger partial charge in [0.2, 0.25) is 5.91 Å². The fourth-order valence-electron chi connectivity index (χ4n) is 3.59. The lowest BCUT2D eigenvalue weighted by Gasteiger charge is -2.24. The van der Waals surface area contributed by atoms with Gasteiger partial charge < -0.3 is 5.32 Å². The minimum Gasteiger partial charge on any atom is -0.325 e. The maximum Gasteiger partial charge on any atom is 0.241 e. The van der Waals surface area contributed by atoms with Crippen LogP contribution >= 0.6 is 0 Å². The molecule has 1 fully saturated rings. The van der Waals surface area contributed by atoms with Crippen molar-refractivity contribution in [2.24, 2.45) is 0 Å². The van der Waals surface area contributed by atoms with E-state index in [0.717, 1.165) is 37.3 Å². The number of likely N-dealkylation sites (tertiary alicyclic amines) is 1. The molecule has 0 unspecified atom stereocenters. The summed E-state index contributed by atoms with van der Waals surface area (Å²) in [5, 5.41) is 14.2. The maximum absolute atomic E-state index is 12.9. The minimum atomic E-state index is -0.109. The van der Waals surface area contributed by atoms with E-state index in [0.29, 0.717) is 0 Å². The summed E-state index contributed by atoms with van der Waals surface area (Å²) in [6, 6.07) is 15.9. The summed E-state index contributed by atoms with van der Waals surface area (Å²) in [5.74, 6) is 0.0361. The molecule has 1 aromatic heterocycles. The van der Waals surface area contributed by atoms with Gasteiger partial charge in [-0.15, -0.1) is 5.10 Å². The predicted molar refractivity (Wildman–Crippen MR) is 102 cm³/mol. The number of hydrogen-bond donors (Lipinski definition) is 1. The first-order chi connectivity index (χ1) is 13.2. The van der Waals surface area contributed by atoms with Gasteiger partial charge in [0.25, 0.3) is 0 Å². The number of benzene rings is 2. The zero-order chi connectivity index (χ0) is 18.6. The van der Waals surface area contributed by atoms with E-state index in [1.807, 2.05) is 24.3 Å². The average Bonchev–Trinajstić information content (AvgIpc) is 3.34. The molecule has 1 aliphatic heterocycles. The maximum atomic E-state index is 12.9. The average molecular weight is 362 g/mol. The van der Waals surface area contributed by atoms with Crippen molar-refractivity contribution in [3.8, 4) is 5.69 Å². The zero-order valence-corrected chi connectivity index (χ0v) is 15.2. The van der Waals surface area contributed by atoms with Gasteiger partial charge in [0.1, 0.15) is 6.33 Å². The lowest BCUT2D eigenvalue weighted by atomic mass is 10.1. The molecule has 7 nitrogen and oxygen atoms in total. The summed E-state index contributed by atoms with van der Waals surface area (Å²) in [4.78, 5) is 15.1. The molecule has 0 radical (unpaired) electrons. The summed E-state index contributed by atoms with van der Waals surface area (Å²) < 4.78 is 1.56. The molecule has 27 heavy (non-hydrogen) atoms. The highest BCUT2D eigenvalue weighted by Crippen LogP contribution is 2.22. The molecule has 7 heteroatoms. The zero-order valence-electron chi connectivity index (χ0n) is 15.2. The van der Waals surface area contributed by atoms with Crippen LogP contribution in [-0.2, 0) is 11.3 Å². The number of aryl methyl sites for hydroxylation is 1. The summed E-state index contributed by atoms with van der Waals surface area (Å²) in [6.07, 6.45) is 3.44. The van der Waals surface area contributed by atoms with Gasteiger partial charge >= 0.3 is 0 Å². The third kappa shape index (κ3) is 4.03. The Bertz CT molecular complexity index is 924. The van der Waals surface area contributed by atoms with Crippen LogP contribution in [0.5, 0.6) is 0 Å². The second-order valence-electron chi connectivity index (χ2n) is 6.91. The standard InChI is InChI=1S/C20H22N6O/c1-15-5-2-6-16(11-15)13-25-10-4-9-19(25)20(27)22-17-7-3-8-18(12-17)26-14-21-23-24-26/h2-3,5-8,11-12,14,19H,4,9-10,13H2,1H3,(H,22,27)/t19-/m1/s1. The Labute approximate surface area is 158 Å². The van der Waals surface area contributed by atoms with Crippen molar-refractivity contribution < 1.29 is 4.79 Å². The number of anilines is 1. The van der Waals surface area contributed by atoms with Gasteiger partial charge in [-0.2, -0.15) is 0 Å². The minimum absolute atomic E-state index is 0.0361. The van der Waals surface area contributed by atoms with Crippen LogP contribution in [0.25, 0.3) is 5.69 Å². The molecule has 0 spiro atoms. The van der Waals surface area contributed by atoms with E-state index in [9.17, 15) is 4.79 Å². The molecule has 0 aliphatic carbocycles. The number of hydrogen-bond acceptors (Lipinski definition) is 5. The third-order valence-electron chi connectivity index (χ3n) is 4.86. The molecular weight excluding hydrogens is 340 g/mol. The van der Waals surface area contributed by atoms with Crippen LogP contribution in [0.3, 0.4) is 0 Å². The fraction of sp³-hybridized carbons (Fsp3) is 0.300. The van der Waals surface area contributed by atoms with E-state index < -0.39 is 0 Å². The first-order valence-corrected chi connectivity index (χ1v) is 9.13. The van der Waals surface area contributed by atoms with E-state index in [-0.39, 0.29) is 11.9 Å². The molecule has 1 amide bonds. The van der Waals surface area contributed by atoms with Crippen molar-refractivity contribution in [1.29, 1.82) is 0 Å². The molecule has 1 saturated heterocycles. The number of carbonyl (C=O) groups excluding carboxylic acids is 1. The number of rotatable bonds is 5. The number of carbonyl (C=O) groups is 1. The summed E-state index contributed by atoms with van der Waals surface area (Å²) in [5.41, 5.74) is 4.04. The lowest BCUT2D eigenvalue weighted by molar-refractivity contribution is -0.120. The summed E-state index contributed by atoms with van der Waals surface area (Å²) in [6.45, 7) is 3.83. The van der Waals surface area contributed by atoms with Crippen LogP contribution in [-0.4, -0.2) is 43.6 Å². The van der Waals surface area contributed by atoms with E-state index in [4.69, 9.17) is 0 Å². The third-order valence-corrected chi connectivity index (χ3v) is 4.86. The number of tetrazole rings is 1. The smallest absolute Gasteiger partial charge is 0.241 e. The second-order valence-corrected chi connectivity index (χ2v) is 6.91. The molecule has 138 valence electrons. The van der Waals surface area contributed by atoms with Crippen LogP contribution in [0, 0.1) is 6.92 Å². The molecule has 4 rings (SSSR count). The predicted octanol–water partition coefficient (Wildman–Crippen LogP) is 2.57. The van der Waals surface area contributed by atoms with Crippen LogP contribution in [0.15, 0.2) is 54.9 Å². The lowest BCUT2D eigenvalue weighted by Crippen LogP contribution is -2.39. The Kier molecular flexibility index (Phi) is 4.93. The van der Waals surface area contributed by atoms with Crippen LogP contribution in [0.1, 0.15) is 24.0 Å². The first kappa shape index (κ1) is 17.4. The van der Waals surface area contributed by atoms with E-state index in [2.05, 4.69) is 56.9 Å². The molecular formula is C20H22N6O. The van der Waals surface area contributed by atoms with E-state index in [1.165, 1.54) is 17.5 Å². The normalized spacial score (nSPS) is 17.1. The Morgan fingerprint density at radius 3 is 2.93 bits per heavy atom. The van der Waals surface area contributed by atoms with E-state index >= 15 is 0 Å². The second kappa shape index (κ2) is 7.67. The first-order valence-electron chi connectivity index (χ1n) is 9.13. The number of nitrogens with one attached hydrogen (secondary N) is 1. The Balaban J connectivity index is 1.45. The summed E-state index contributed by atoms with van der Waals surface area (Å²) >= 11 is 0. The van der Waals surface area contributed by atoms with Gasteiger partial charge in [0, 0.05) is 12.2 Å². The highest BCUT2D eigenvalue weighted by molar-refractivity contribution is 5.95. The van der Waals surface area contributed by atoms with Crippen molar-refractivity contribution >= 4 is 11.6 Å². The van der Waals surface area contributed by atoms with Crippen molar-refractivity contribution in [1.82, 2.24) is 25.1 Å².